The molecule has 228 valence electrons. The Balaban J connectivity index is 1.34. The number of nitrogens with two attached hydrogens (primary N) is 2. The lowest BCUT2D eigenvalue weighted by atomic mass is 9.92. The van der Waals surface area contributed by atoms with Crippen LogP contribution in [0.2, 0.25) is 5.02 Å². The molecule has 0 bridgehead atoms. The summed E-state index contributed by atoms with van der Waals surface area (Å²) < 4.78 is 29.1. The number of hydrogen-bond donors (Lipinski definition) is 4. The largest absolute Gasteiger partial charge is 0.385 e. The van der Waals surface area contributed by atoms with Gasteiger partial charge in [-0.25, -0.2) is 13.6 Å². The number of benzene rings is 2. The van der Waals surface area contributed by atoms with Crippen molar-refractivity contribution in [3.05, 3.63) is 81.1 Å². The Morgan fingerprint density at radius 2 is 2.02 bits per heavy atom. The number of aliphatic imine (C=N–C) groups is 1. The fourth-order valence-corrected chi connectivity index (χ4v) is 5.96. The molecule has 3 heterocycles. The van der Waals surface area contributed by atoms with Crippen LogP contribution in [0.25, 0.3) is 28.0 Å². The Bertz CT molecular complexity index is 1650. The minimum Gasteiger partial charge on any atom is -0.385 e. The summed E-state index contributed by atoms with van der Waals surface area (Å²) >= 11 is 6.25. The maximum atomic E-state index is 15.1. The summed E-state index contributed by atoms with van der Waals surface area (Å²) in [6.07, 6.45) is 8.08. The molecule has 2 aromatic carbocycles. The molecule has 2 aromatic heterocycles. The highest BCUT2D eigenvalue weighted by molar-refractivity contribution is 6.31. The highest BCUT2D eigenvalue weighted by Crippen LogP contribution is 2.32. The number of aromatic nitrogens is 3. The van der Waals surface area contributed by atoms with Crippen molar-refractivity contribution in [2.24, 2.45) is 16.5 Å². The smallest absolute Gasteiger partial charge is 0.354 e. The van der Waals surface area contributed by atoms with Gasteiger partial charge in [0, 0.05) is 41.8 Å². The van der Waals surface area contributed by atoms with Crippen LogP contribution in [-0.2, 0) is 6.42 Å². The van der Waals surface area contributed by atoms with E-state index in [1.54, 1.807) is 24.4 Å². The van der Waals surface area contributed by atoms with Gasteiger partial charge in [0.25, 0.3) is 0 Å². The van der Waals surface area contributed by atoms with Crippen molar-refractivity contribution < 1.29 is 8.78 Å². The zero-order valence-electron chi connectivity index (χ0n) is 24.3. The fourth-order valence-electron chi connectivity index (χ4n) is 5.72. The molecule has 8 nitrogen and oxygen atoms in total. The van der Waals surface area contributed by atoms with Gasteiger partial charge in [-0.15, -0.1) is 0 Å². The molecule has 0 radical (unpaired) electrons. The van der Waals surface area contributed by atoms with Crippen molar-refractivity contribution in [3.63, 3.8) is 0 Å². The van der Waals surface area contributed by atoms with E-state index < -0.39 is 18.2 Å². The first-order valence-corrected chi connectivity index (χ1v) is 15.2. The zero-order valence-corrected chi connectivity index (χ0v) is 25.0. The molecule has 11 heteroatoms. The molecule has 1 saturated heterocycles. The van der Waals surface area contributed by atoms with E-state index in [1.807, 2.05) is 31.2 Å². The SMILES string of the molecule is C[C@H](N)CCCc1cc(Cl)c(F)c(-c2cc3cn(-c4ccc([C@H]5CCC[C@@H](CCN=C(N)CF)N5)cc4)c(=O)nc3[nH]2)c1. The zero-order chi connectivity index (χ0) is 30.5. The van der Waals surface area contributed by atoms with Gasteiger partial charge in [0.2, 0.25) is 0 Å². The molecule has 1 fully saturated rings. The second-order valence-electron chi connectivity index (χ2n) is 11.4. The first-order valence-electron chi connectivity index (χ1n) is 14.8. The number of piperidine rings is 1. The number of halogens is 3. The van der Waals surface area contributed by atoms with Gasteiger partial charge in [0.15, 0.2) is 5.82 Å². The third-order valence-corrected chi connectivity index (χ3v) is 8.27. The molecule has 1 aliphatic heterocycles. The van der Waals surface area contributed by atoms with Crippen molar-refractivity contribution in [3.8, 4) is 16.9 Å². The summed E-state index contributed by atoms with van der Waals surface area (Å²) in [5, 5.41) is 4.39. The Labute approximate surface area is 254 Å². The van der Waals surface area contributed by atoms with E-state index in [4.69, 9.17) is 23.1 Å². The number of nitrogens with one attached hydrogen (secondary N) is 2. The number of rotatable bonds is 11. The first-order chi connectivity index (χ1) is 20.7. The van der Waals surface area contributed by atoms with E-state index in [0.29, 0.717) is 34.5 Å². The van der Waals surface area contributed by atoms with Gasteiger partial charge >= 0.3 is 5.69 Å². The lowest BCUT2D eigenvalue weighted by molar-refractivity contribution is 0.315. The number of fused-ring (bicyclic) bond motifs is 1. The van der Waals surface area contributed by atoms with E-state index in [-0.39, 0.29) is 29.0 Å². The Hall–Kier alpha value is -3.60. The minimum atomic E-state index is -0.722. The molecule has 6 N–H and O–H groups in total. The number of nitrogens with zero attached hydrogens (tertiary/aromatic N) is 3. The van der Waals surface area contributed by atoms with Crippen molar-refractivity contribution in [2.45, 2.75) is 70.0 Å². The number of H-pyrrole nitrogens is 1. The second-order valence-corrected chi connectivity index (χ2v) is 11.8. The van der Waals surface area contributed by atoms with Crippen LogP contribution in [0.1, 0.15) is 62.6 Å². The van der Waals surface area contributed by atoms with E-state index in [2.05, 4.69) is 20.3 Å². The van der Waals surface area contributed by atoms with Crippen LogP contribution in [0.4, 0.5) is 8.78 Å². The summed E-state index contributed by atoms with van der Waals surface area (Å²) in [6.45, 7) is 1.74. The minimum absolute atomic E-state index is 0.0382. The van der Waals surface area contributed by atoms with Crippen LogP contribution >= 0.6 is 11.6 Å². The molecule has 0 aliphatic carbocycles. The van der Waals surface area contributed by atoms with E-state index in [9.17, 15) is 9.18 Å². The van der Waals surface area contributed by atoms with Crippen molar-refractivity contribution >= 4 is 28.5 Å². The topological polar surface area (TPSA) is 127 Å². The average Bonchev–Trinajstić information content (AvgIpc) is 3.41. The highest BCUT2D eigenvalue weighted by Gasteiger charge is 2.22. The quantitative estimate of drug-likeness (QED) is 0.127. The van der Waals surface area contributed by atoms with Gasteiger partial charge in [-0.2, -0.15) is 4.98 Å². The summed E-state index contributed by atoms with van der Waals surface area (Å²) in [6, 6.07) is 13.6. The molecule has 4 aromatic rings. The highest BCUT2D eigenvalue weighted by atomic mass is 35.5. The molecule has 0 spiro atoms. The maximum absolute atomic E-state index is 15.1. The molecule has 0 amide bonds. The van der Waals surface area contributed by atoms with Gasteiger partial charge in [0.05, 0.1) is 16.4 Å². The summed E-state index contributed by atoms with van der Waals surface area (Å²) in [5.41, 5.74) is 14.8. The van der Waals surface area contributed by atoms with Crippen molar-refractivity contribution in [1.82, 2.24) is 19.9 Å². The van der Waals surface area contributed by atoms with Crippen molar-refractivity contribution in [1.29, 1.82) is 0 Å². The molecule has 5 rings (SSSR count). The van der Waals surface area contributed by atoms with Crippen molar-refractivity contribution in [2.75, 3.05) is 13.2 Å². The molecule has 0 unspecified atom stereocenters. The number of hydrogen-bond acceptors (Lipinski definition) is 5. The second kappa shape index (κ2) is 13.8. The molecule has 43 heavy (non-hydrogen) atoms. The normalized spacial score (nSPS) is 18.3. The van der Waals surface area contributed by atoms with E-state index in [1.165, 1.54) is 4.57 Å². The van der Waals surface area contributed by atoms with Gasteiger partial charge in [-0.1, -0.05) is 30.2 Å². The Morgan fingerprint density at radius 1 is 1.23 bits per heavy atom. The number of alkyl halides is 1. The predicted molar refractivity (Wildman–Crippen MR) is 169 cm³/mol. The van der Waals surface area contributed by atoms with Crippen LogP contribution in [-0.4, -0.2) is 45.7 Å². The lowest BCUT2D eigenvalue weighted by Crippen LogP contribution is -2.37. The molecule has 1 aliphatic rings. The van der Waals surface area contributed by atoms with E-state index >= 15 is 4.39 Å². The third-order valence-electron chi connectivity index (χ3n) is 8.00. The predicted octanol–water partition coefficient (Wildman–Crippen LogP) is 5.74. The number of amidine groups is 1. The van der Waals surface area contributed by atoms with Crippen LogP contribution in [0.5, 0.6) is 0 Å². The van der Waals surface area contributed by atoms with Crippen LogP contribution in [0.3, 0.4) is 0 Å². The summed E-state index contributed by atoms with van der Waals surface area (Å²) in [4.78, 5) is 24.4. The van der Waals surface area contributed by atoms with Crippen LogP contribution in [0.15, 0.2) is 58.4 Å². The van der Waals surface area contributed by atoms with Gasteiger partial charge in [0.1, 0.15) is 18.2 Å². The molecule has 3 atom stereocenters. The standard InChI is InChI=1S/C32H38ClF2N7O/c1-19(36)4-2-5-20-14-25(30(35)26(33)15-20)28-16-22-18-42(32(43)41-31(22)40-28)24-10-8-21(9-11-24)27-7-3-6-23(39-27)12-13-38-29(37)17-34/h8-11,14-16,18-19,23,27,39H,2-7,12-13,17,36H2,1H3,(H2,37,38)(H,40,41,43)/t19-,23-,27+/m0/s1. The number of aryl methyl sites for hydroxylation is 1. The third kappa shape index (κ3) is 7.49. The molecule has 0 saturated carbocycles. The molecular weight excluding hydrogens is 572 g/mol. The number of aromatic amines is 1. The fraction of sp³-hybridized carbons (Fsp3) is 0.406. The lowest BCUT2D eigenvalue weighted by Gasteiger charge is -2.31. The maximum Gasteiger partial charge on any atom is 0.354 e. The Kier molecular flexibility index (Phi) is 9.90. The van der Waals surface area contributed by atoms with E-state index in [0.717, 1.165) is 56.1 Å². The Morgan fingerprint density at radius 3 is 2.77 bits per heavy atom. The monoisotopic (exact) mass is 609 g/mol. The molecular formula is C32H38ClF2N7O. The van der Waals surface area contributed by atoms with Crippen LogP contribution in [0, 0.1) is 5.82 Å². The first kappa shape index (κ1) is 30.8. The summed E-state index contributed by atoms with van der Waals surface area (Å²) in [5.74, 6) is -0.485. The van der Waals surface area contributed by atoms with Crippen LogP contribution < -0.4 is 22.5 Å². The van der Waals surface area contributed by atoms with Gasteiger partial charge < -0.3 is 21.8 Å². The van der Waals surface area contributed by atoms with Gasteiger partial charge in [-0.05, 0) is 86.9 Å². The van der Waals surface area contributed by atoms with Gasteiger partial charge in [-0.3, -0.25) is 9.56 Å². The summed E-state index contributed by atoms with van der Waals surface area (Å²) in [7, 11) is 0. The average molecular weight is 610 g/mol.